The zero-order valence-corrected chi connectivity index (χ0v) is 19.5. The largest absolute Gasteiger partial charge is 0.360 e. The Morgan fingerprint density at radius 2 is 2.00 bits per heavy atom. The molecule has 2 aromatic carbocycles. The minimum atomic E-state index is -3.28. The fourth-order valence-electron chi connectivity index (χ4n) is 3.90. The monoisotopic (exact) mass is 473 g/mol. The van der Waals surface area contributed by atoms with Crippen LogP contribution in [0.25, 0.3) is 11.3 Å². The number of hydrogen-bond donors (Lipinski definition) is 1. The summed E-state index contributed by atoms with van der Waals surface area (Å²) in [4.78, 5) is 13.1. The third kappa shape index (κ3) is 4.44. The van der Waals surface area contributed by atoms with E-state index >= 15 is 0 Å². The van der Waals surface area contributed by atoms with Gasteiger partial charge in [0.15, 0.2) is 0 Å². The van der Waals surface area contributed by atoms with Gasteiger partial charge in [0.1, 0.15) is 17.0 Å². The molecule has 3 aromatic rings. The van der Waals surface area contributed by atoms with Crippen LogP contribution in [0, 0.1) is 6.92 Å². The molecule has 9 heteroatoms. The van der Waals surface area contributed by atoms with Gasteiger partial charge >= 0.3 is 0 Å². The number of benzene rings is 2. The number of carbonyl (C=O) groups excluding carboxylic acids is 1. The van der Waals surface area contributed by atoms with Crippen LogP contribution in [0.1, 0.15) is 40.6 Å². The predicted molar refractivity (Wildman–Crippen MR) is 124 cm³/mol. The van der Waals surface area contributed by atoms with Crippen molar-refractivity contribution in [1.29, 1.82) is 0 Å². The average Bonchev–Trinajstić information content (AvgIpc) is 3.14. The quantitative estimate of drug-likeness (QED) is 0.562. The van der Waals surface area contributed by atoms with Gasteiger partial charge in [0.25, 0.3) is 5.91 Å². The van der Waals surface area contributed by atoms with Crippen molar-refractivity contribution in [2.45, 2.75) is 33.2 Å². The van der Waals surface area contributed by atoms with Crippen LogP contribution >= 0.6 is 11.6 Å². The number of amides is 1. The van der Waals surface area contributed by atoms with Gasteiger partial charge in [-0.1, -0.05) is 47.9 Å². The molecule has 2 heterocycles. The van der Waals surface area contributed by atoms with E-state index in [1.165, 1.54) is 4.31 Å². The first kappa shape index (κ1) is 22.5. The molecule has 0 bridgehead atoms. The van der Waals surface area contributed by atoms with E-state index in [-0.39, 0.29) is 11.7 Å². The molecule has 0 fully saturated rings. The summed E-state index contributed by atoms with van der Waals surface area (Å²) in [5.74, 6) is 0.146. The lowest BCUT2D eigenvalue weighted by atomic mass is 10.00. The molecule has 0 saturated heterocycles. The van der Waals surface area contributed by atoms with Crippen LogP contribution in [0.2, 0.25) is 5.02 Å². The lowest BCUT2D eigenvalue weighted by Crippen LogP contribution is -2.37. The maximum absolute atomic E-state index is 13.1. The summed E-state index contributed by atoms with van der Waals surface area (Å²) in [6.07, 6.45) is 1.22. The highest BCUT2D eigenvalue weighted by molar-refractivity contribution is 7.89. The summed E-state index contributed by atoms with van der Waals surface area (Å²) in [5, 5.41) is 7.40. The van der Waals surface area contributed by atoms with Crippen molar-refractivity contribution in [3.63, 3.8) is 0 Å². The zero-order chi connectivity index (χ0) is 22.9. The molecule has 1 aliphatic rings. The SMILES string of the molecule is CCCS(=O)(=O)N1CCc2ccc(NC(=O)c3c(-c4ccccc4Cl)noc3C)cc2C1. The van der Waals surface area contributed by atoms with Crippen LogP contribution in [-0.2, 0) is 23.0 Å². The van der Waals surface area contributed by atoms with Gasteiger partial charge in [-0.2, -0.15) is 4.31 Å². The van der Waals surface area contributed by atoms with E-state index in [1.807, 2.05) is 31.2 Å². The molecular formula is C23H24ClN3O4S. The van der Waals surface area contributed by atoms with E-state index in [4.69, 9.17) is 16.1 Å². The van der Waals surface area contributed by atoms with Gasteiger partial charge in [-0.25, -0.2) is 8.42 Å². The molecule has 7 nitrogen and oxygen atoms in total. The van der Waals surface area contributed by atoms with Crippen molar-refractivity contribution in [2.24, 2.45) is 0 Å². The third-order valence-electron chi connectivity index (χ3n) is 5.52. The third-order valence-corrected chi connectivity index (χ3v) is 7.87. The maximum Gasteiger partial charge on any atom is 0.261 e. The molecule has 1 amide bonds. The fraction of sp³-hybridized carbons (Fsp3) is 0.304. The van der Waals surface area contributed by atoms with Crippen molar-refractivity contribution in [2.75, 3.05) is 17.6 Å². The summed E-state index contributed by atoms with van der Waals surface area (Å²) >= 11 is 6.29. The van der Waals surface area contributed by atoms with Crippen molar-refractivity contribution in [1.82, 2.24) is 9.46 Å². The highest BCUT2D eigenvalue weighted by atomic mass is 35.5. The number of hydrogen-bond acceptors (Lipinski definition) is 5. The molecule has 0 aliphatic carbocycles. The van der Waals surface area contributed by atoms with Gasteiger partial charge in [-0.15, -0.1) is 0 Å². The molecule has 0 radical (unpaired) electrons. The topological polar surface area (TPSA) is 92.5 Å². The normalized spacial score (nSPS) is 14.2. The Morgan fingerprint density at radius 1 is 1.22 bits per heavy atom. The van der Waals surface area contributed by atoms with E-state index in [0.29, 0.717) is 59.2 Å². The lowest BCUT2D eigenvalue weighted by Gasteiger charge is -2.28. The number of fused-ring (bicyclic) bond motifs is 1. The second-order valence-corrected chi connectivity index (χ2v) is 10.3. The Hall–Kier alpha value is -2.68. The van der Waals surface area contributed by atoms with Crippen LogP contribution in [-0.4, -0.2) is 36.1 Å². The fourth-order valence-corrected chi connectivity index (χ4v) is 5.61. The van der Waals surface area contributed by atoms with E-state index in [1.54, 1.807) is 25.1 Å². The lowest BCUT2D eigenvalue weighted by molar-refractivity contribution is 0.102. The maximum atomic E-state index is 13.1. The summed E-state index contributed by atoms with van der Waals surface area (Å²) in [6, 6.07) is 12.7. The number of carbonyl (C=O) groups is 1. The van der Waals surface area contributed by atoms with Gasteiger partial charge in [0, 0.05) is 24.3 Å². The molecule has 0 atom stereocenters. The molecule has 1 N–H and O–H groups in total. The Balaban J connectivity index is 1.59. The molecule has 0 saturated carbocycles. The van der Waals surface area contributed by atoms with Crippen LogP contribution in [0.15, 0.2) is 47.0 Å². The zero-order valence-electron chi connectivity index (χ0n) is 17.9. The molecule has 1 aromatic heterocycles. The smallest absolute Gasteiger partial charge is 0.261 e. The Bertz CT molecular complexity index is 1270. The Kier molecular flexibility index (Phi) is 6.37. The molecule has 168 valence electrons. The van der Waals surface area contributed by atoms with Crippen LogP contribution < -0.4 is 5.32 Å². The second-order valence-electron chi connectivity index (χ2n) is 7.78. The van der Waals surface area contributed by atoms with E-state index < -0.39 is 10.0 Å². The number of nitrogens with one attached hydrogen (secondary N) is 1. The van der Waals surface area contributed by atoms with Crippen molar-refractivity contribution in [3.05, 3.63) is 69.9 Å². The first-order chi connectivity index (χ1) is 15.3. The summed E-state index contributed by atoms with van der Waals surface area (Å²) in [7, 11) is -3.28. The Morgan fingerprint density at radius 3 is 2.75 bits per heavy atom. The average molecular weight is 474 g/mol. The first-order valence-electron chi connectivity index (χ1n) is 10.4. The van der Waals surface area contributed by atoms with Crippen LogP contribution in [0.3, 0.4) is 0 Å². The number of halogens is 1. The van der Waals surface area contributed by atoms with Gasteiger partial charge in [0.05, 0.1) is 10.8 Å². The molecule has 4 rings (SSSR count). The van der Waals surface area contributed by atoms with E-state index in [9.17, 15) is 13.2 Å². The number of sulfonamides is 1. The number of rotatable bonds is 6. The predicted octanol–water partition coefficient (Wildman–Crippen LogP) is 4.65. The van der Waals surface area contributed by atoms with Crippen molar-refractivity contribution >= 4 is 33.2 Å². The number of nitrogens with zero attached hydrogens (tertiary/aromatic N) is 2. The van der Waals surface area contributed by atoms with Gasteiger partial charge in [-0.3, -0.25) is 4.79 Å². The van der Waals surface area contributed by atoms with Crippen molar-refractivity contribution < 1.29 is 17.7 Å². The van der Waals surface area contributed by atoms with Gasteiger partial charge < -0.3 is 9.84 Å². The number of anilines is 1. The molecule has 32 heavy (non-hydrogen) atoms. The van der Waals surface area contributed by atoms with Crippen molar-refractivity contribution in [3.8, 4) is 11.3 Å². The molecule has 0 unspecified atom stereocenters. The highest BCUT2D eigenvalue weighted by Gasteiger charge is 2.27. The van der Waals surface area contributed by atoms with E-state index in [2.05, 4.69) is 10.5 Å². The standard InChI is InChI=1S/C23H24ClN3O4S/c1-3-12-32(29,30)27-11-10-16-8-9-18(13-17(16)14-27)25-23(28)21-15(2)31-26-22(21)19-6-4-5-7-20(19)24/h4-9,13H,3,10-12,14H2,1-2H3,(H,25,28). The second kappa shape index (κ2) is 9.05. The Labute approximate surface area is 192 Å². The first-order valence-corrected chi connectivity index (χ1v) is 12.4. The number of aryl methyl sites for hydroxylation is 1. The highest BCUT2D eigenvalue weighted by Crippen LogP contribution is 2.32. The van der Waals surface area contributed by atoms with Crippen LogP contribution in [0.5, 0.6) is 0 Å². The van der Waals surface area contributed by atoms with E-state index in [0.717, 1.165) is 11.1 Å². The van der Waals surface area contributed by atoms with Crippen LogP contribution in [0.4, 0.5) is 5.69 Å². The minimum absolute atomic E-state index is 0.135. The molecule has 1 aliphatic heterocycles. The van der Waals surface area contributed by atoms with Gasteiger partial charge in [0.2, 0.25) is 10.0 Å². The summed E-state index contributed by atoms with van der Waals surface area (Å²) in [5.41, 5.74) is 3.85. The minimum Gasteiger partial charge on any atom is -0.360 e. The van der Waals surface area contributed by atoms with Gasteiger partial charge in [-0.05, 0) is 49.1 Å². The molecule has 0 spiro atoms. The summed E-state index contributed by atoms with van der Waals surface area (Å²) < 4.78 is 31.8. The summed E-state index contributed by atoms with van der Waals surface area (Å²) in [6.45, 7) is 4.30. The molecular weight excluding hydrogens is 450 g/mol. The number of aromatic nitrogens is 1.